The van der Waals surface area contributed by atoms with E-state index in [1.807, 2.05) is 12.1 Å². The summed E-state index contributed by atoms with van der Waals surface area (Å²) in [7, 11) is 0. The Morgan fingerprint density at radius 3 is 2.92 bits per heavy atom. The van der Waals surface area contributed by atoms with Crippen LogP contribution in [0.1, 0.15) is 12.8 Å². The molecular formula is C9H11BrN2O. The van der Waals surface area contributed by atoms with Crippen LogP contribution >= 0.6 is 15.9 Å². The number of halogens is 1. The molecule has 1 fully saturated rings. The molecule has 1 aliphatic rings. The SMILES string of the molecule is N[C@H]1C[C@H](Oc2cc(Br)ccn2)C1. The zero-order valence-electron chi connectivity index (χ0n) is 7.11. The number of aromatic nitrogens is 1. The first-order chi connectivity index (χ1) is 6.24. The molecular weight excluding hydrogens is 232 g/mol. The number of hydrogen-bond donors (Lipinski definition) is 1. The summed E-state index contributed by atoms with van der Waals surface area (Å²) < 4.78 is 6.57. The minimum atomic E-state index is 0.261. The Labute approximate surface area is 85.4 Å². The summed E-state index contributed by atoms with van der Waals surface area (Å²) in [4.78, 5) is 4.09. The van der Waals surface area contributed by atoms with Crippen LogP contribution in [0.2, 0.25) is 0 Å². The Hall–Kier alpha value is -0.610. The lowest BCUT2D eigenvalue weighted by atomic mass is 9.90. The van der Waals surface area contributed by atoms with E-state index in [1.54, 1.807) is 6.20 Å². The quantitative estimate of drug-likeness (QED) is 0.860. The van der Waals surface area contributed by atoms with Gasteiger partial charge in [0.05, 0.1) is 0 Å². The van der Waals surface area contributed by atoms with Crippen LogP contribution < -0.4 is 10.5 Å². The molecule has 0 aromatic carbocycles. The standard InChI is InChI=1S/C9H11BrN2O/c10-6-1-2-12-9(3-6)13-8-4-7(11)5-8/h1-3,7-8H,4-5,11H2/t7-,8-. The average molecular weight is 243 g/mol. The number of pyridine rings is 1. The van der Waals surface area contributed by atoms with Gasteiger partial charge in [-0.05, 0) is 18.9 Å². The van der Waals surface area contributed by atoms with E-state index in [4.69, 9.17) is 10.5 Å². The van der Waals surface area contributed by atoms with Gasteiger partial charge in [0.15, 0.2) is 0 Å². The molecule has 0 saturated heterocycles. The molecule has 1 aliphatic carbocycles. The maximum Gasteiger partial charge on any atom is 0.214 e. The van der Waals surface area contributed by atoms with Crippen molar-refractivity contribution in [3.8, 4) is 5.88 Å². The number of ether oxygens (including phenoxy) is 1. The molecule has 0 amide bonds. The Morgan fingerprint density at radius 2 is 2.31 bits per heavy atom. The first-order valence-electron chi connectivity index (χ1n) is 4.28. The topological polar surface area (TPSA) is 48.1 Å². The molecule has 1 saturated carbocycles. The van der Waals surface area contributed by atoms with Crippen LogP contribution in [0.3, 0.4) is 0 Å². The maximum atomic E-state index is 5.64. The van der Waals surface area contributed by atoms with E-state index in [-0.39, 0.29) is 6.10 Å². The van der Waals surface area contributed by atoms with E-state index >= 15 is 0 Å². The van der Waals surface area contributed by atoms with Gasteiger partial charge in [-0.15, -0.1) is 0 Å². The van der Waals surface area contributed by atoms with Gasteiger partial charge >= 0.3 is 0 Å². The Bertz CT molecular complexity index is 299. The molecule has 0 aliphatic heterocycles. The van der Waals surface area contributed by atoms with Gasteiger partial charge in [-0.2, -0.15) is 0 Å². The lowest BCUT2D eigenvalue weighted by Gasteiger charge is -2.32. The second kappa shape index (κ2) is 3.64. The fourth-order valence-corrected chi connectivity index (χ4v) is 1.64. The highest BCUT2D eigenvalue weighted by molar-refractivity contribution is 9.10. The first kappa shape index (κ1) is 8.97. The summed E-state index contributed by atoms with van der Waals surface area (Å²) in [6.45, 7) is 0. The van der Waals surface area contributed by atoms with E-state index in [9.17, 15) is 0 Å². The van der Waals surface area contributed by atoms with Crippen molar-refractivity contribution in [2.45, 2.75) is 25.0 Å². The summed E-state index contributed by atoms with van der Waals surface area (Å²) in [5, 5.41) is 0. The minimum absolute atomic E-state index is 0.261. The highest BCUT2D eigenvalue weighted by Crippen LogP contribution is 2.24. The van der Waals surface area contributed by atoms with Gasteiger partial charge in [-0.1, -0.05) is 15.9 Å². The van der Waals surface area contributed by atoms with Crippen LogP contribution in [0.5, 0.6) is 5.88 Å². The van der Waals surface area contributed by atoms with E-state index in [2.05, 4.69) is 20.9 Å². The molecule has 0 atom stereocenters. The zero-order valence-corrected chi connectivity index (χ0v) is 8.70. The van der Waals surface area contributed by atoms with Gasteiger partial charge in [-0.3, -0.25) is 0 Å². The van der Waals surface area contributed by atoms with Crippen LogP contribution in [0.15, 0.2) is 22.8 Å². The molecule has 70 valence electrons. The molecule has 2 N–H and O–H groups in total. The Balaban J connectivity index is 1.94. The van der Waals surface area contributed by atoms with Gasteiger partial charge in [0.25, 0.3) is 0 Å². The van der Waals surface area contributed by atoms with Crippen molar-refractivity contribution in [1.29, 1.82) is 0 Å². The van der Waals surface area contributed by atoms with Gasteiger partial charge in [-0.25, -0.2) is 4.98 Å². The molecule has 3 nitrogen and oxygen atoms in total. The van der Waals surface area contributed by atoms with Crippen molar-refractivity contribution in [2.75, 3.05) is 0 Å². The highest BCUT2D eigenvalue weighted by Gasteiger charge is 2.27. The summed E-state index contributed by atoms with van der Waals surface area (Å²) >= 11 is 3.36. The monoisotopic (exact) mass is 242 g/mol. The van der Waals surface area contributed by atoms with E-state index < -0.39 is 0 Å². The van der Waals surface area contributed by atoms with Crippen molar-refractivity contribution >= 4 is 15.9 Å². The van der Waals surface area contributed by atoms with Crippen LogP contribution in [0, 0.1) is 0 Å². The summed E-state index contributed by atoms with van der Waals surface area (Å²) in [6, 6.07) is 4.06. The van der Waals surface area contributed by atoms with E-state index in [0.29, 0.717) is 11.9 Å². The molecule has 4 heteroatoms. The third kappa shape index (κ3) is 2.19. The third-order valence-electron chi connectivity index (χ3n) is 2.12. The lowest BCUT2D eigenvalue weighted by molar-refractivity contribution is 0.0958. The second-order valence-electron chi connectivity index (χ2n) is 3.28. The summed E-state index contributed by atoms with van der Waals surface area (Å²) in [5.74, 6) is 0.672. The second-order valence-corrected chi connectivity index (χ2v) is 4.20. The van der Waals surface area contributed by atoms with Crippen LogP contribution in [0.25, 0.3) is 0 Å². The molecule has 13 heavy (non-hydrogen) atoms. The van der Waals surface area contributed by atoms with Crippen LogP contribution in [-0.4, -0.2) is 17.1 Å². The van der Waals surface area contributed by atoms with Gasteiger partial charge in [0.2, 0.25) is 5.88 Å². The Kier molecular flexibility index (Phi) is 2.51. The molecule has 1 aromatic rings. The number of nitrogens with two attached hydrogens (primary N) is 1. The maximum absolute atomic E-state index is 5.64. The summed E-state index contributed by atoms with van der Waals surface area (Å²) in [6.07, 6.45) is 3.86. The zero-order chi connectivity index (χ0) is 9.26. The van der Waals surface area contributed by atoms with Gasteiger partial charge in [0.1, 0.15) is 6.10 Å². The average Bonchev–Trinajstić information content (AvgIpc) is 2.01. The van der Waals surface area contributed by atoms with Crippen LogP contribution in [-0.2, 0) is 0 Å². The largest absolute Gasteiger partial charge is 0.474 e. The van der Waals surface area contributed by atoms with E-state index in [1.165, 1.54) is 0 Å². The fraction of sp³-hybridized carbons (Fsp3) is 0.444. The van der Waals surface area contributed by atoms with Crippen LogP contribution in [0.4, 0.5) is 0 Å². The number of rotatable bonds is 2. The predicted molar refractivity (Wildman–Crippen MR) is 53.6 cm³/mol. The molecule has 0 unspecified atom stereocenters. The molecule has 0 bridgehead atoms. The van der Waals surface area contributed by atoms with Crippen molar-refractivity contribution in [1.82, 2.24) is 4.98 Å². The molecule has 0 radical (unpaired) electrons. The summed E-state index contributed by atoms with van der Waals surface area (Å²) in [5.41, 5.74) is 5.64. The van der Waals surface area contributed by atoms with E-state index in [0.717, 1.165) is 17.3 Å². The minimum Gasteiger partial charge on any atom is -0.474 e. The molecule has 0 spiro atoms. The van der Waals surface area contributed by atoms with Crippen molar-refractivity contribution in [2.24, 2.45) is 5.73 Å². The number of nitrogens with zero attached hydrogens (tertiary/aromatic N) is 1. The predicted octanol–water partition coefficient (Wildman–Crippen LogP) is 1.71. The van der Waals surface area contributed by atoms with Crippen molar-refractivity contribution in [3.05, 3.63) is 22.8 Å². The molecule has 2 rings (SSSR count). The normalized spacial score (nSPS) is 26.6. The fourth-order valence-electron chi connectivity index (χ4n) is 1.32. The van der Waals surface area contributed by atoms with Crippen molar-refractivity contribution < 1.29 is 4.74 Å². The first-order valence-corrected chi connectivity index (χ1v) is 5.07. The third-order valence-corrected chi connectivity index (χ3v) is 2.61. The highest BCUT2D eigenvalue weighted by atomic mass is 79.9. The molecule has 1 aromatic heterocycles. The van der Waals surface area contributed by atoms with Gasteiger partial charge < -0.3 is 10.5 Å². The lowest BCUT2D eigenvalue weighted by Crippen LogP contribution is -2.43. The van der Waals surface area contributed by atoms with Crippen molar-refractivity contribution in [3.63, 3.8) is 0 Å². The van der Waals surface area contributed by atoms with Gasteiger partial charge in [0, 0.05) is 22.8 Å². The molecule has 1 heterocycles. The smallest absolute Gasteiger partial charge is 0.214 e. The Morgan fingerprint density at radius 1 is 1.54 bits per heavy atom. The number of hydrogen-bond acceptors (Lipinski definition) is 3.